The van der Waals surface area contributed by atoms with Crippen molar-refractivity contribution in [3.05, 3.63) is 173 Å². The lowest BCUT2D eigenvalue weighted by atomic mass is 9.86. The average molecular weight is 812 g/mol. The van der Waals surface area contributed by atoms with E-state index in [2.05, 4.69) is 5.32 Å². The summed E-state index contributed by atoms with van der Waals surface area (Å²) < 4.78 is 37.4. The second-order valence-corrected chi connectivity index (χ2v) is 14.1. The quantitative estimate of drug-likeness (QED) is 0.0495. The number of nitro groups is 1. The highest BCUT2D eigenvalue weighted by molar-refractivity contribution is 7.57. The number of non-ortho nitro benzene ring substituents is 1. The summed E-state index contributed by atoms with van der Waals surface area (Å²) in [4.78, 5) is 52.9. The van der Waals surface area contributed by atoms with Crippen LogP contribution in [0.1, 0.15) is 18.4 Å². The van der Waals surface area contributed by atoms with Crippen LogP contribution in [0.5, 0.6) is 23.0 Å². The Hall–Kier alpha value is -6.63. The molecule has 1 fully saturated rings. The molecule has 0 aromatic heterocycles. The molecule has 0 radical (unpaired) electrons. The van der Waals surface area contributed by atoms with E-state index in [1.54, 1.807) is 97.1 Å². The Bertz CT molecular complexity index is 2100. The van der Waals surface area contributed by atoms with Crippen molar-refractivity contribution in [2.24, 2.45) is 0 Å². The van der Waals surface area contributed by atoms with Crippen LogP contribution in [0.3, 0.4) is 0 Å². The van der Waals surface area contributed by atoms with Gasteiger partial charge in [0.05, 0.1) is 11.0 Å². The Morgan fingerprint density at radius 3 is 1.70 bits per heavy atom. The van der Waals surface area contributed by atoms with Gasteiger partial charge < -0.3 is 27.2 Å². The molecule has 7 rings (SSSR count). The van der Waals surface area contributed by atoms with Crippen molar-refractivity contribution < 1.29 is 59.3 Å². The van der Waals surface area contributed by atoms with E-state index in [4.69, 9.17) is 27.6 Å². The van der Waals surface area contributed by atoms with Gasteiger partial charge in [0.2, 0.25) is 0 Å². The predicted octanol–water partition coefficient (Wildman–Crippen LogP) is 4.35. The summed E-state index contributed by atoms with van der Waals surface area (Å²) in [6.07, 6.45) is 0.353. The number of hydrogen-bond donors (Lipinski definition) is 1. The first kappa shape index (κ1) is 40.0. The van der Waals surface area contributed by atoms with Crippen LogP contribution in [-0.2, 0) is 30.3 Å². The molecule has 0 unspecified atom stereocenters. The molecular formula is C41H35ClN3O11P. The number of β-lactam (4-membered cyclic amide) rings is 1. The first-order valence-corrected chi connectivity index (χ1v) is 19.0. The first-order valence-electron chi connectivity index (χ1n) is 17.5. The molecule has 0 spiro atoms. The average Bonchev–Trinajstić information content (AvgIpc) is 3.22. The topological polar surface area (TPSA) is 165 Å². The fraction of sp³-hybridized carbons (Fsp3) is 0.146. The number of esters is 1. The van der Waals surface area contributed by atoms with Crippen molar-refractivity contribution in [3.8, 4) is 23.0 Å². The fourth-order valence-corrected chi connectivity index (χ4v) is 7.81. The molecule has 0 aliphatic carbocycles. The molecule has 292 valence electrons. The highest BCUT2D eigenvalue weighted by Gasteiger charge is 2.61. The smallest absolute Gasteiger partial charge is 0.766 e. The molecule has 2 atom stereocenters. The van der Waals surface area contributed by atoms with Crippen molar-refractivity contribution in [1.29, 1.82) is 0 Å². The van der Waals surface area contributed by atoms with Crippen LogP contribution < -0.4 is 36.0 Å². The maximum atomic E-state index is 14.2. The van der Waals surface area contributed by atoms with Crippen molar-refractivity contribution in [2.75, 3.05) is 6.61 Å². The van der Waals surface area contributed by atoms with Crippen molar-refractivity contribution in [1.82, 2.24) is 10.2 Å². The van der Waals surface area contributed by atoms with Gasteiger partial charge in [-0.15, -0.1) is 0 Å². The number of nitro benzene ring substituents is 1. The lowest BCUT2D eigenvalue weighted by molar-refractivity contribution is -0.384. The third-order valence-electron chi connectivity index (χ3n) is 8.64. The maximum Gasteiger partial charge on any atom is 0.766 e. The van der Waals surface area contributed by atoms with E-state index in [0.29, 0.717) is 28.6 Å². The Balaban J connectivity index is 0.00000549. The summed E-state index contributed by atoms with van der Waals surface area (Å²) in [5.74, 6) is -0.521. The number of hydrogen-bond acceptors (Lipinski definition) is 11. The van der Waals surface area contributed by atoms with Gasteiger partial charge in [0, 0.05) is 18.6 Å². The minimum atomic E-state index is -4.07. The van der Waals surface area contributed by atoms with Gasteiger partial charge in [-0.2, -0.15) is 0 Å². The highest BCUT2D eigenvalue weighted by Crippen LogP contribution is 2.64. The van der Waals surface area contributed by atoms with E-state index < -0.39 is 43.0 Å². The number of carbonyl (C=O) groups is 3. The third kappa shape index (κ3) is 9.79. The molecular weight excluding hydrogens is 777 g/mol. The molecule has 14 nitrogen and oxygen atoms in total. The van der Waals surface area contributed by atoms with Gasteiger partial charge in [-0.3, -0.25) is 24.6 Å². The van der Waals surface area contributed by atoms with E-state index in [1.807, 2.05) is 24.3 Å². The van der Waals surface area contributed by atoms with E-state index >= 15 is 0 Å². The van der Waals surface area contributed by atoms with Crippen molar-refractivity contribution >= 4 is 31.6 Å². The molecule has 2 heterocycles. The monoisotopic (exact) mass is 811 g/mol. The minimum Gasteiger partial charge on any atom is -1.00 e. The third-order valence-corrected chi connectivity index (χ3v) is 10.4. The molecule has 1 saturated heterocycles. The predicted molar refractivity (Wildman–Crippen MR) is 203 cm³/mol. The zero-order chi connectivity index (χ0) is 38.9. The Morgan fingerprint density at radius 2 is 1.21 bits per heavy atom. The molecule has 2 aliphatic heterocycles. The number of fused-ring (bicyclic) bond motifs is 1. The van der Waals surface area contributed by atoms with Crippen LogP contribution in [0, 0.1) is 10.1 Å². The highest BCUT2D eigenvalue weighted by atomic mass is 35.5. The summed E-state index contributed by atoms with van der Waals surface area (Å²) in [7, 11) is -4.07. The number of carbonyl (C=O) groups excluding carboxylic acids is 3. The van der Waals surface area contributed by atoms with Gasteiger partial charge >= 0.3 is 14.1 Å². The van der Waals surface area contributed by atoms with E-state index in [0.717, 1.165) is 0 Å². The number of para-hydroxylation sites is 4. The van der Waals surface area contributed by atoms with Gasteiger partial charge in [-0.1, -0.05) is 72.8 Å². The molecule has 0 saturated carbocycles. The van der Waals surface area contributed by atoms with Crippen molar-refractivity contribution in [2.45, 2.75) is 31.5 Å². The Kier molecular flexibility index (Phi) is 12.9. The summed E-state index contributed by atoms with van der Waals surface area (Å²) in [6.45, 7) is -0.606. The maximum absolute atomic E-state index is 14.2. The van der Waals surface area contributed by atoms with E-state index in [1.165, 1.54) is 29.2 Å². The fourth-order valence-electron chi connectivity index (χ4n) is 6.00. The van der Waals surface area contributed by atoms with Gasteiger partial charge in [0.1, 0.15) is 18.4 Å². The molecule has 5 aromatic carbocycles. The van der Waals surface area contributed by atoms with Crippen LogP contribution >= 0.6 is 8.17 Å². The number of ether oxygens (including phenoxy) is 2. The van der Waals surface area contributed by atoms with E-state index in [-0.39, 0.29) is 55.6 Å². The van der Waals surface area contributed by atoms with Crippen LogP contribution in [-0.4, -0.2) is 46.3 Å². The summed E-state index contributed by atoms with van der Waals surface area (Å²) in [5.41, 5.74) is 0.109. The van der Waals surface area contributed by atoms with Crippen LogP contribution in [0.4, 0.5) is 5.69 Å². The van der Waals surface area contributed by atoms with Crippen LogP contribution in [0.25, 0.3) is 0 Å². The number of amides is 2. The zero-order valence-corrected chi connectivity index (χ0v) is 31.7. The SMILES string of the molecule is O=C(COc1ccccc1)N[C@@H]1C(=O)N2C(C(=O)OCc3ccc([N+](=O)[O-])cc3)=C(O[P+](Oc3ccccc3)(Oc3ccccc3)Oc3ccccc3)CC[C@H]12.[Cl-]. The minimum absolute atomic E-state index is 0. The summed E-state index contributed by atoms with van der Waals surface area (Å²) in [6, 6.07) is 38.9. The lowest BCUT2D eigenvalue weighted by Gasteiger charge is -2.49. The normalized spacial score (nSPS) is 15.8. The van der Waals surface area contributed by atoms with Gasteiger partial charge in [0.15, 0.2) is 35.3 Å². The van der Waals surface area contributed by atoms with E-state index in [9.17, 15) is 24.5 Å². The molecule has 2 amide bonds. The second kappa shape index (κ2) is 18.3. The molecule has 16 heteroatoms. The van der Waals surface area contributed by atoms with Crippen molar-refractivity contribution in [3.63, 3.8) is 0 Å². The van der Waals surface area contributed by atoms with Crippen LogP contribution in [0.15, 0.2) is 157 Å². The van der Waals surface area contributed by atoms with Gasteiger partial charge in [-0.05, 0) is 72.6 Å². The molecule has 57 heavy (non-hydrogen) atoms. The number of benzene rings is 5. The van der Waals surface area contributed by atoms with Gasteiger partial charge in [-0.25, -0.2) is 22.9 Å². The molecule has 2 aliphatic rings. The molecule has 0 bridgehead atoms. The number of halogens is 1. The molecule has 1 N–H and O–H groups in total. The van der Waals surface area contributed by atoms with Gasteiger partial charge in [0.25, 0.3) is 17.5 Å². The zero-order valence-electron chi connectivity index (χ0n) is 30.0. The Morgan fingerprint density at radius 1 is 0.719 bits per heavy atom. The van der Waals surface area contributed by atoms with Crippen LogP contribution in [0.2, 0.25) is 0 Å². The standard InChI is InChI=1S/C41H34N3O11P.ClH/c45-37(28-50-31-13-5-1-6-14-31)42-38-35-25-26-36(39(43(35)40(38)46)41(47)51-27-29-21-23-30(24-22-29)44(48)49)55-56(52-32-15-7-2-8-16-32,53-33-17-9-3-10-18-33)54-34-19-11-4-12-20-34;/h1-24,35,38H,25-28H2;1H/t35-,38+;/m1./s1. The second-order valence-electron chi connectivity index (χ2n) is 12.5. The molecule has 5 aromatic rings. The summed E-state index contributed by atoms with van der Waals surface area (Å²) >= 11 is 0. The largest absolute Gasteiger partial charge is 1.00 e. The number of rotatable bonds is 16. The first-order chi connectivity index (χ1) is 27.3. The number of allylic oxidation sites excluding steroid dienone is 1. The lowest BCUT2D eigenvalue weighted by Crippen LogP contribution is -3.00. The Labute approximate surface area is 334 Å². The number of nitrogens with zero attached hydrogens (tertiary/aromatic N) is 2. The number of nitrogens with one attached hydrogen (secondary N) is 1. The summed E-state index contributed by atoms with van der Waals surface area (Å²) in [5, 5.41) is 13.9.